The molecule has 1 heterocycles. The Labute approximate surface area is 94.1 Å². The van der Waals surface area contributed by atoms with Crippen LogP contribution in [0.2, 0.25) is 0 Å². The van der Waals surface area contributed by atoms with E-state index in [9.17, 15) is 4.79 Å². The van der Waals surface area contributed by atoms with E-state index in [1.807, 2.05) is 6.92 Å². The molecule has 1 aromatic rings. The summed E-state index contributed by atoms with van der Waals surface area (Å²) in [4.78, 5) is 11.8. The zero-order valence-corrected chi connectivity index (χ0v) is 9.33. The summed E-state index contributed by atoms with van der Waals surface area (Å²) in [5, 5.41) is 2.79. The van der Waals surface area contributed by atoms with Crippen molar-refractivity contribution in [1.29, 1.82) is 0 Å². The highest BCUT2D eigenvalue weighted by Gasteiger charge is 2.27. The second-order valence-corrected chi connectivity index (χ2v) is 3.61. The van der Waals surface area contributed by atoms with Crippen LogP contribution in [0.1, 0.15) is 18.9 Å². The van der Waals surface area contributed by atoms with Crippen LogP contribution < -0.4 is 11.1 Å². The van der Waals surface area contributed by atoms with E-state index >= 15 is 0 Å². The Morgan fingerprint density at radius 1 is 1.50 bits per heavy atom. The molecule has 0 spiro atoms. The summed E-state index contributed by atoms with van der Waals surface area (Å²) in [6.07, 6.45) is 0.674. The van der Waals surface area contributed by atoms with Gasteiger partial charge in [0.15, 0.2) is 0 Å². The van der Waals surface area contributed by atoms with Gasteiger partial charge in [-0.3, -0.25) is 4.79 Å². The number of nitrogens with two attached hydrogens (primary N) is 1. The molecule has 0 radical (unpaired) electrons. The first-order valence-electron chi connectivity index (χ1n) is 5.15. The topological polar surface area (TPSA) is 64.3 Å². The number of carbonyl (C=O) groups is 1. The minimum atomic E-state index is -0.126. The molecule has 0 fully saturated rings. The van der Waals surface area contributed by atoms with Gasteiger partial charge in [0.1, 0.15) is 5.76 Å². The average Bonchev–Trinajstić information content (AvgIpc) is 2.58. The van der Waals surface area contributed by atoms with Crippen molar-refractivity contribution in [2.24, 2.45) is 0 Å². The van der Waals surface area contributed by atoms with Crippen LogP contribution >= 0.6 is 0 Å². The van der Waals surface area contributed by atoms with Gasteiger partial charge in [-0.25, -0.2) is 0 Å². The normalized spacial score (nSPS) is 16.8. The average molecular weight is 218 g/mol. The number of allylic oxidation sites excluding steroid dienone is 1. The Balaban J connectivity index is 2.62. The number of methoxy groups -OCH3 is 1. The lowest BCUT2D eigenvalue weighted by molar-refractivity contribution is -0.111. The fraction of sp³-hybridized carbons (Fsp3) is 0.250. The first-order chi connectivity index (χ1) is 7.67. The third-order valence-corrected chi connectivity index (χ3v) is 2.63. The third kappa shape index (κ3) is 1.52. The molecule has 16 heavy (non-hydrogen) atoms. The van der Waals surface area contributed by atoms with Gasteiger partial charge in [-0.05, 0) is 18.2 Å². The molecule has 3 N–H and O–H groups in total. The maximum atomic E-state index is 11.8. The number of benzene rings is 1. The number of hydrogen-bond donors (Lipinski definition) is 2. The Kier molecular flexibility index (Phi) is 2.56. The Morgan fingerprint density at radius 2 is 2.25 bits per heavy atom. The van der Waals surface area contributed by atoms with Crippen molar-refractivity contribution >= 4 is 22.9 Å². The van der Waals surface area contributed by atoms with Gasteiger partial charge in [0.2, 0.25) is 0 Å². The van der Waals surface area contributed by atoms with Crippen molar-refractivity contribution in [2.45, 2.75) is 13.3 Å². The fourth-order valence-electron chi connectivity index (χ4n) is 1.88. The predicted molar refractivity (Wildman–Crippen MR) is 63.7 cm³/mol. The lowest BCUT2D eigenvalue weighted by Crippen LogP contribution is -2.06. The molecule has 0 bridgehead atoms. The highest BCUT2D eigenvalue weighted by molar-refractivity contribution is 6.32. The van der Waals surface area contributed by atoms with Crippen molar-refractivity contribution in [1.82, 2.24) is 0 Å². The SMILES string of the molecule is CC/C(OC)=C1/C(=O)Nc2ccc(N)cc21. The molecule has 0 aromatic heterocycles. The van der Waals surface area contributed by atoms with Gasteiger partial charge in [-0.1, -0.05) is 6.92 Å². The minimum Gasteiger partial charge on any atom is -0.500 e. The van der Waals surface area contributed by atoms with Crippen LogP contribution in [0.5, 0.6) is 0 Å². The van der Waals surface area contributed by atoms with E-state index < -0.39 is 0 Å². The van der Waals surface area contributed by atoms with Gasteiger partial charge in [0.05, 0.1) is 12.7 Å². The molecule has 1 aromatic carbocycles. The van der Waals surface area contributed by atoms with Crippen LogP contribution in [0.25, 0.3) is 5.57 Å². The highest BCUT2D eigenvalue weighted by Crippen LogP contribution is 2.35. The summed E-state index contributed by atoms with van der Waals surface area (Å²) >= 11 is 0. The van der Waals surface area contributed by atoms with Crippen LogP contribution in [0.15, 0.2) is 24.0 Å². The van der Waals surface area contributed by atoms with Crippen LogP contribution in [0.3, 0.4) is 0 Å². The van der Waals surface area contributed by atoms with Gasteiger partial charge in [-0.2, -0.15) is 0 Å². The molecule has 84 valence electrons. The quantitative estimate of drug-likeness (QED) is 0.453. The Morgan fingerprint density at radius 3 is 2.88 bits per heavy atom. The summed E-state index contributed by atoms with van der Waals surface area (Å²) in [6, 6.07) is 5.36. The summed E-state index contributed by atoms with van der Waals surface area (Å²) in [7, 11) is 1.57. The van der Waals surface area contributed by atoms with Crippen molar-refractivity contribution in [3.05, 3.63) is 29.5 Å². The molecule has 0 aliphatic carbocycles. The van der Waals surface area contributed by atoms with Crippen LogP contribution in [-0.2, 0) is 9.53 Å². The van der Waals surface area contributed by atoms with E-state index in [4.69, 9.17) is 10.5 Å². The lowest BCUT2D eigenvalue weighted by Gasteiger charge is -2.06. The summed E-state index contributed by atoms with van der Waals surface area (Å²) in [6.45, 7) is 1.95. The fourth-order valence-corrected chi connectivity index (χ4v) is 1.88. The lowest BCUT2D eigenvalue weighted by atomic mass is 10.0. The van der Waals surface area contributed by atoms with Crippen molar-refractivity contribution < 1.29 is 9.53 Å². The number of nitrogens with one attached hydrogen (secondary N) is 1. The number of rotatable bonds is 2. The van der Waals surface area contributed by atoms with E-state index in [0.717, 1.165) is 11.3 Å². The molecule has 0 saturated heterocycles. The molecule has 1 amide bonds. The highest BCUT2D eigenvalue weighted by atomic mass is 16.5. The van der Waals surface area contributed by atoms with Gasteiger partial charge in [0, 0.05) is 23.4 Å². The number of hydrogen-bond acceptors (Lipinski definition) is 3. The molecular weight excluding hydrogens is 204 g/mol. The zero-order valence-electron chi connectivity index (χ0n) is 9.33. The molecular formula is C12H14N2O2. The number of nitrogen functional groups attached to an aromatic ring is 1. The van der Waals surface area contributed by atoms with Crippen LogP contribution in [-0.4, -0.2) is 13.0 Å². The minimum absolute atomic E-state index is 0.126. The molecule has 0 unspecified atom stereocenters. The van der Waals surface area contributed by atoms with Gasteiger partial charge >= 0.3 is 0 Å². The first kappa shape index (κ1) is 10.5. The molecule has 1 aliphatic heterocycles. The maximum Gasteiger partial charge on any atom is 0.259 e. The second-order valence-electron chi connectivity index (χ2n) is 3.61. The number of anilines is 2. The largest absolute Gasteiger partial charge is 0.500 e. The standard InChI is InChI=1S/C12H14N2O2/c1-3-10(16-2)11-8-6-7(13)4-5-9(8)14-12(11)15/h4-6H,3,13H2,1-2H3,(H,14,15)/b11-10-. The number of ether oxygens (including phenoxy) is 1. The second kappa shape index (κ2) is 3.89. The van der Waals surface area contributed by atoms with Crippen LogP contribution in [0, 0.1) is 0 Å². The molecule has 4 heteroatoms. The number of fused-ring (bicyclic) bond motifs is 1. The third-order valence-electron chi connectivity index (χ3n) is 2.63. The van der Waals surface area contributed by atoms with Crippen molar-refractivity contribution in [3.63, 3.8) is 0 Å². The van der Waals surface area contributed by atoms with Gasteiger partial charge in [-0.15, -0.1) is 0 Å². The van der Waals surface area contributed by atoms with Gasteiger partial charge < -0.3 is 15.8 Å². The van der Waals surface area contributed by atoms with Gasteiger partial charge in [0.25, 0.3) is 5.91 Å². The Bertz CT molecular complexity index is 472. The summed E-state index contributed by atoms with van der Waals surface area (Å²) < 4.78 is 5.23. The predicted octanol–water partition coefficient (Wildman–Crippen LogP) is 1.99. The smallest absolute Gasteiger partial charge is 0.259 e. The maximum absolute atomic E-state index is 11.8. The van der Waals surface area contributed by atoms with E-state index in [0.29, 0.717) is 23.4 Å². The summed E-state index contributed by atoms with van der Waals surface area (Å²) in [5.41, 5.74) is 8.56. The molecule has 4 nitrogen and oxygen atoms in total. The molecule has 0 atom stereocenters. The molecule has 1 aliphatic rings. The zero-order chi connectivity index (χ0) is 11.7. The number of carbonyl (C=O) groups excluding carboxylic acids is 1. The van der Waals surface area contributed by atoms with Crippen molar-refractivity contribution in [2.75, 3.05) is 18.2 Å². The van der Waals surface area contributed by atoms with Crippen molar-refractivity contribution in [3.8, 4) is 0 Å². The molecule has 0 saturated carbocycles. The van der Waals surface area contributed by atoms with E-state index in [-0.39, 0.29) is 5.91 Å². The first-order valence-corrected chi connectivity index (χ1v) is 5.15. The van der Waals surface area contributed by atoms with E-state index in [1.165, 1.54) is 0 Å². The van der Waals surface area contributed by atoms with E-state index in [2.05, 4.69) is 5.32 Å². The molecule has 2 rings (SSSR count). The summed E-state index contributed by atoms with van der Waals surface area (Å²) in [5.74, 6) is 0.557. The van der Waals surface area contributed by atoms with E-state index in [1.54, 1.807) is 25.3 Å². The number of amides is 1. The Hall–Kier alpha value is -1.97. The monoisotopic (exact) mass is 218 g/mol. The van der Waals surface area contributed by atoms with Crippen LogP contribution in [0.4, 0.5) is 11.4 Å².